The quantitative estimate of drug-likeness (QED) is 0.173. The predicted molar refractivity (Wildman–Crippen MR) is 259 cm³/mol. The molecule has 0 spiro atoms. The topological polar surface area (TPSA) is 74.8 Å². The molecule has 0 fully saturated rings. The number of fused-ring (bicyclic) bond motifs is 13. The second-order valence-corrected chi connectivity index (χ2v) is 16.3. The molecular weight excluding hydrogens is 787 g/mol. The maximum absolute atomic E-state index is 6.82. The van der Waals surface area contributed by atoms with Gasteiger partial charge in [-0.05, 0) is 60.7 Å². The molecule has 0 saturated heterocycles. The first-order valence-electron chi connectivity index (χ1n) is 21.4. The molecule has 298 valence electrons. The van der Waals surface area contributed by atoms with Crippen molar-refractivity contribution >= 4 is 87.5 Å². The van der Waals surface area contributed by atoms with Gasteiger partial charge in [0, 0.05) is 65.5 Å². The van der Waals surface area contributed by atoms with Gasteiger partial charge in [-0.25, -0.2) is 15.0 Å². The van der Waals surface area contributed by atoms with E-state index < -0.39 is 0 Å². The molecule has 7 nitrogen and oxygen atoms in total. The van der Waals surface area contributed by atoms with Crippen LogP contribution in [0, 0.1) is 0 Å². The Bertz CT molecular complexity index is 4140. The average molecular weight is 820 g/mol. The van der Waals surface area contributed by atoms with Crippen molar-refractivity contribution in [2.24, 2.45) is 0 Å². The minimum absolute atomic E-state index is 0.552. The second-order valence-electron chi connectivity index (χ2n) is 16.3. The summed E-state index contributed by atoms with van der Waals surface area (Å²) in [5.41, 5.74) is 12.1. The van der Waals surface area contributed by atoms with E-state index in [1.807, 2.05) is 60.7 Å². The van der Waals surface area contributed by atoms with Crippen molar-refractivity contribution in [2.45, 2.75) is 0 Å². The first kappa shape index (κ1) is 34.9. The summed E-state index contributed by atoms with van der Waals surface area (Å²) >= 11 is 0. The van der Waals surface area contributed by atoms with E-state index in [4.69, 9.17) is 23.8 Å². The number of para-hydroxylation sites is 4. The van der Waals surface area contributed by atoms with Crippen molar-refractivity contribution in [3.05, 3.63) is 200 Å². The SMILES string of the molecule is c1ccc(-c2nc(-c3ccccc3)nc(-c3cc(-n4c5ccccc5c5cc6oc7ccccc7c6cc54)ccc3-n3c4ccccc4c4ccc5c6ccccc6oc5c43)n2)cc1. The molecule has 0 saturated carbocycles. The van der Waals surface area contributed by atoms with Gasteiger partial charge >= 0.3 is 0 Å². The molecule has 0 amide bonds. The van der Waals surface area contributed by atoms with Crippen LogP contribution in [0.4, 0.5) is 0 Å². The molecule has 0 aliphatic carbocycles. The van der Waals surface area contributed by atoms with Gasteiger partial charge in [-0.1, -0.05) is 140 Å². The third kappa shape index (κ3) is 5.06. The van der Waals surface area contributed by atoms with Crippen LogP contribution in [0.5, 0.6) is 0 Å². The smallest absolute Gasteiger partial charge is 0.166 e. The molecule has 14 aromatic rings. The van der Waals surface area contributed by atoms with Crippen LogP contribution in [0.15, 0.2) is 209 Å². The fourth-order valence-electron chi connectivity index (χ4n) is 9.91. The van der Waals surface area contributed by atoms with Gasteiger partial charge in [0.15, 0.2) is 23.1 Å². The van der Waals surface area contributed by atoms with E-state index in [-0.39, 0.29) is 0 Å². The van der Waals surface area contributed by atoms with Gasteiger partial charge in [0.2, 0.25) is 0 Å². The Morgan fingerprint density at radius 2 is 0.875 bits per heavy atom. The van der Waals surface area contributed by atoms with Gasteiger partial charge in [-0.2, -0.15) is 0 Å². The molecule has 0 unspecified atom stereocenters. The number of benzene rings is 9. The Hall–Kier alpha value is -8.81. The number of hydrogen-bond acceptors (Lipinski definition) is 5. The summed E-state index contributed by atoms with van der Waals surface area (Å²) in [7, 11) is 0. The zero-order valence-corrected chi connectivity index (χ0v) is 34.1. The molecule has 14 rings (SSSR count). The lowest BCUT2D eigenvalue weighted by Gasteiger charge is -2.17. The van der Waals surface area contributed by atoms with Crippen LogP contribution in [0.2, 0.25) is 0 Å². The van der Waals surface area contributed by atoms with Crippen molar-refractivity contribution in [3.8, 4) is 45.5 Å². The fraction of sp³-hybridized carbons (Fsp3) is 0. The van der Waals surface area contributed by atoms with Gasteiger partial charge in [0.05, 0.1) is 27.8 Å². The van der Waals surface area contributed by atoms with Crippen molar-refractivity contribution in [1.29, 1.82) is 0 Å². The highest BCUT2D eigenvalue weighted by Gasteiger charge is 2.24. The van der Waals surface area contributed by atoms with E-state index in [2.05, 4.69) is 149 Å². The molecular formula is C57H33N5O2. The lowest BCUT2D eigenvalue weighted by Crippen LogP contribution is -2.05. The standard InChI is InChI=1S/C57H33N5O2/c1-3-15-34(16-4-1)55-58-56(35-17-5-2-6-18-35)60-57(59-55)45-31-36(61-46-23-11-8-20-38(46)43-33-52-44(32-49(43)61)40-22-10-13-25-50(40)63-52)27-30-48(45)62-47-24-12-7-19-37(47)41-28-29-42-39-21-9-14-26-51(39)64-54(42)53(41)62/h1-33H. The third-order valence-corrected chi connectivity index (χ3v) is 12.8. The van der Waals surface area contributed by atoms with Crippen LogP contribution in [-0.2, 0) is 0 Å². The molecule has 0 bridgehead atoms. The van der Waals surface area contributed by atoms with Crippen molar-refractivity contribution < 1.29 is 8.83 Å². The summed E-state index contributed by atoms with van der Waals surface area (Å²) in [6.07, 6.45) is 0. The van der Waals surface area contributed by atoms with Gasteiger partial charge < -0.3 is 18.0 Å². The Balaban J connectivity index is 1.12. The summed E-state index contributed by atoms with van der Waals surface area (Å²) < 4.78 is 18.0. The Morgan fingerprint density at radius 1 is 0.328 bits per heavy atom. The molecule has 0 N–H and O–H groups in total. The van der Waals surface area contributed by atoms with Crippen LogP contribution in [0.3, 0.4) is 0 Å². The van der Waals surface area contributed by atoms with Crippen LogP contribution in [0.1, 0.15) is 0 Å². The average Bonchev–Trinajstić information content (AvgIpc) is 4.11. The fourth-order valence-corrected chi connectivity index (χ4v) is 9.91. The first-order chi connectivity index (χ1) is 31.7. The van der Waals surface area contributed by atoms with Gasteiger partial charge in [0.25, 0.3) is 0 Å². The van der Waals surface area contributed by atoms with E-state index in [1.165, 1.54) is 0 Å². The summed E-state index contributed by atoms with van der Waals surface area (Å²) in [6, 6.07) is 69.6. The Kier molecular flexibility index (Phi) is 7.27. The summed E-state index contributed by atoms with van der Waals surface area (Å²) in [5.74, 6) is 1.74. The number of aromatic nitrogens is 5. The molecule has 0 radical (unpaired) electrons. The van der Waals surface area contributed by atoms with Crippen LogP contribution < -0.4 is 0 Å². The van der Waals surface area contributed by atoms with Crippen LogP contribution in [0.25, 0.3) is 133 Å². The molecule has 64 heavy (non-hydrogen) atoms. The van der Waals surface area contributed by atoms with Crippen molar-refractivity contribution in [2.75, 3.05) is 0 Å². The van der Waals surface area contributed by atoms with E-state index in [0.29, 0.717) is 17.5 Å². The number of hydrogen-bond donors (Lipinski definition) is 0. The minimum Gasteiger partial charge on any atom is -0.456 e. The number of rotatable bonds is 5. The van der Waals surface area contributed by atoms with Crippen LogP contribution >= 0.6 is 0 Å². The van der Waals surface area contributed by atoms with Crippen molar-refractivity contribution in [1.82, 2.24) is 24.1 Å². The van der Waals surface area contributed by atoms with E-state index in [1.54, 1.807) is 0 Å². The van der Waals surface area contributed by atoms with Crippen molar-refractivity contribution in [3.63, 3.8) is 0 Å². The zero-order valence-electron chi connectivity index (χ0n) is 34.1. The van der Waals surface area contributed by atoms with E-state index in [9.17, 15) is 0 Å². The van der Waals surface area contributed by atoms with E-state index in [0.717, 1.165) is 116 Å². The largest absolute Gasteiger partial charge is 0.456 e. The van der Waals surface area contributed by atoms with E-state index >= 15 is 0 Å². The van der Waals surface area contributed by atoms with Gasteiger partial charge in [-0.3, -0.25) is 0 Å². The third-order valence-electron chi connectivity index (χ3n) is 12.8. The van der Waals surface area contributed by atoms with Gasteiger partial charge in [0.1, 0.15) is 16.7 Å². The molecule has 5 heterocycles. The lowest BCUT2D eigenvalue weighted by molar-refractivity contribution is 0.669. The normalized spacial score (nSPS) is 12.1. The first-order valence-corrected chi connectivity index (χ1v) is 21.4. The molecule has 0 aliphatic heterocycles. The summed E-state index contributed by atoms with van der Waals surface area (Å²) in [5, 5.41) is 8.77. The lowest BCUT2D eigenvalue weighted by atomic mass is 10.1. The Labute approximate surface area is 364 Å². The predicted octanol–water partition coefficient (Wildman–Crippen LogP) is 14.9. The monoisotopic (exact) mass is 819 g/mol. The van der Waals surface area contributed by atoms with Crippen LogP contribution in [-0.4, -0.2) is 24.1 Å². The Morgan fingerprint density at radius 3 is 1.58 bits per heavy atom. The number of furan rings is 2. The summed E-state index contributed by atoms with van der Waals surface area (Å²) in [4.78, 5) is 15.8. The molecule has 9 aromatic carbocycles. The minimum atomic E-state index is 0.552. The molecule has 0 atom stereocenters. The molecule has 0 aliphatic rings. The zero-order chi connectivity index (χ0) is 41.9. The van der Waals surface area contributed by atoms with Gasteiger partial charge in [-0.15, -0.1) is 0 Å². The highest BCUT2D eigenvalue weighted by molar-refractivity contribution is 6.22. The second kappa shape index (κ2) is 13.3. The highest BCUT2D eigenvalue weighted by Crippen LogP contribution is 2.44. The highest BCUT2D eigenvalue weighted by atomic mass is 16.3. The number of nitrogens with zero attached hydrogens (tertiary/aromatic N) is 5. The summed E-state index contributed by atoms with van der Waals surface area (Å²) in [6.45, 7) is 0. The maximum Gasteiger partial charge on any atom is 0.166 e. The maximum atomic E-state index is 6.82. The molecule has 7 heteroatoms. The molecule has 5 aromatic heterocycles.